The van der Waals surface area contributed by atoms with Gasteiger partial charge in [-0.05, 0) is 55.5 Å². The summed E-state index contributed by atoms with van der Waals surface area (Å²) in [5.41, 5.74) is 1.84. The molecule has 0 saturated heterocycles. The van der Waals surface area contributed by atoms with Crippen molar-refractivity contribution < 1.29 is 13.2 Å². The van der Waals surface area contributed by atoms with Crippen LogP contribution in [0.2, 0.25) is 0 Å². The Morgan fingerprint density at radius 3 is 2.27 bits per heavy atom. The zero-order valence-corrected chi connectivity index (χ0v) is 19.6. The molecular weight excluding hydrogens is 458 g/mol. The lowest BCUT2D eigenvalue weighted by Gasteiger charge is -2.16. The highest BCUT2D eigenvalue weighted by Crippen LogP contribution is 2.27. The number of fused-ring (bicyclic) bond motifs is 1. The molecule has 4 rings (SSSR count). The molecule has 1 heterocycles. The van der Waals surface area contributed by atoms with Crippen LogP contribution in [-0.2, 0) is 10.0 Å². The molecule has 0 amide bonds. The Balaban J connectivity index is 1.68. The largest absolute Gasteiger partial charge is 0.293 e. The van der Waals surface area contributed by atoms with Crippen LogP contribution in [0.4, 0.5) is 5.69 Å². The van der Waals surface area contributed by atoms with Crippen LogP contribution >= 0.6 is 11.8 Å². The van der Waals surface area contributed by atoms with Crippen molar-refractivity contribution in [3.63, 3.8) is 0 Å². The quantitative estimate of drug-likeness (QED) is 0.243. The summed E-state index contributed by atoms with van der Waals surface area (Å²) in [6.07, 6.45) is 1.06. The van der Waals surface area contributed by atoms with E-state index in [1.54, 1.807) is 49.4 Å². The number of rotatable bonds is 7. The third-order valence-corrected chi connectivity index (χ3v) is 6.54. The Kier molecular flexibility index (Phi) is 6.35. The Morgan fingerprint density at radius 2 is 1.61 bits per heavy atom. The molecule has 0 aliphatic heterocycles. The first-order valence-corrected chi connectivity index (χ1v) is 12.9. The maximum Gasteiger partial charge on any atom is 0.266 e. The van der Waals surface area contributed by atoms with E-state index < -0.39 is 15.3 Å². The predicted octanol–water partition coefficient (Wildman–Crippen LogP) is 4.12. The second-order valence-electron chi connectivity index (χ2n) is 7.46. The van der Waals surface area contributed by atoms with Crippen molar-refractivity contribution in [2.45, 2.75) is 17.3 Å². The van der Waals surface area contributed by atoms with E-state index in [1.165, 1.54) is 16.3 Å². The molecule has 168 valence electrons. The van der Waals surface area contributed by atoms with E-state index in [4.69, 9.17) is 0 Å². The monoisotopic (exact) mass is 479 g/mol. The lowest BCUT2D eigenvalue weighted by atomic mass is 10.1. The van der Waals surface area contributed by atoms with Crippen molar-refractivity contribution in [1.82, 2.24) is 9.55 Å². The van der Waals surface area contributed by atoms with E-state index in [9.17, 15) is 18.0 Å². The minimum atomic E-state index is -3.40. The lowest BCUT2D eigenvalue weighted by molar-refractivity contribution is 0.0994. The highest BCUT2D eigenvalue weighted by atomic mass is 32.2. The van der Waals surface area contributed by atoms with Gasteiger partial charge >= 0.3 is 0 Å². The summed E-state index contributed by atoms with van der Waals surface area (Å²) >= 11 is 1.20. The minimum absolute atomic E-state index is 0.159. The fourth-order valence-corrected chi connectivity index (χ4v) is 4.93. The molecule has 1 atom stereocenters. The SMILES string of the molecule is C[C@H](Sc1nc2ccccc2c(=O)n1-c1ccccc1)C(=O)c1ccc(NS(C)(=O)=O)cc1. The van der Waals surface area contributed by atoms with Gasteiger partial charge in [0.25, 0.3) is 5.56 Å². The van der Waals surface area contributed by atoms with Gasteiger partial charge in [-0.1, -0.05) is 42.1 Å². The van der Waals surface area contributed by atoms with Gasteiger partial charge in [0.05, 0.1) is 28.1 Å². The molecule has 0 saturated carbocycles. The smallest absolute Gasteiger partial charge is 0.266 e. The van der Waals surface area contributed by atoms with E-state index in [0.717, 1.165) is 6.26 Å². The average Bonchev–Trinajstić information content (AvgIpc) is 2.79. The number of benzene rings is 3. The van der Waals surface area contributed by atoms with Gasteiger partial charge in [-0.15, -0.1) is 0 Å². The molecule has 0 unspecified atom stereocenters. The fourth-order valence-electron chi connectivity index (χ4n) is 3.36. The topological polar surface area (TPSA) is 98.1 Å². The van der Waals surface area contributed by atoms with Gasteiger partial charge in [0.1, 0.15) is 0 Å². The number of aromatic nitrogens is 2. The average molecular weight is 480 g/mol. The summed E-state index contributed by atoms with van der Waals surface area (Å²) in [7, 11) is -3.40. The zero-order chi connectivity index (χ0) is 23.6. The number of para-hydroxylation sites is 2. The normalized spacial score (nSPS) is 12.4. The first kappa shape index (κ1) is 22.8. The number of Topliss-reactive ketones (excluding diaryl/α,β-unsaturated/α-hetero) is 1. The number of hydrogen-bond acceptors (Lipinski definition) is 6. The number of anilines is 1. The van der Waals surface area contributed by atoms with Crippen molar-refractivity contribution in [1.29, 1.82) is 0 Å². The van der Waals surface area contributed by atoms with E-state index in [2.05, 4.69) is 9.71 Å². The maximum atomic E-state index is 13.3. The number of carbonyl (C=O) groups is 1. The third-order valence-electron chi connectivity index (χ3n) is 4.88. The minimum Gasteiger partial charge on any atom is -0.293 e. The number of ketones is 1. The summed E-state index contributed by atoms with van der Waals surface area (Å²) in [6, 6.07) is 22.5. The molecule has 9 heteroatoms. The van der Waals surface area contributed by atoms with Crippen LogP contribution in [0.15, 0.2) is 88.8 Å². The summed E-state index contributed by atoms with van der Waals surface area (Å²) in [6.45, 7) is 1.76. The zero-order valence-electron chi connectivity index (χ0n) is 17.9. The summed E-state index contributed by atoms with van der Waals surface area (Å²) in [5, 5.41) is 0.376. The highest BCUT2D eigenvalue weighted by molar-refractivity contribution is 8.00. The van der Waals surface area contributed by atoms with Crippen molar-refractivity contribution in [2.75, 3.05) is 11.0 Å². The van der Waals surface area contributed by atoms with Crippen molar-refractivity contribution in [3.05, 3.63) is 94.8 Å². The first-order chi connectivity index (χ1) is 15.7. The summed E-state index contributed by atoms with van der Waals surface area (Å²) in [4.78, 5) is 31.0. The molecule has 0 bridgehead atoms. The van der Waals surface area contributed by atoms with Crippen LogP contribution in [0.1, 0.15) is 17.3 Å². The standard InChI is InChI=1S/C24H21N3O4S2/c1-16(22(28)17-12-14-18(15-13-17)26-33(2,30)31)32-24-25-21-11-7-6-10-20(21)23(29)27(24)19-8-4-3-5-9-19/h3-16,26H,1-2H3/t16-/m0/s1. The number of thioether (sulfide) groups is 1. The fraction of sp³-hybridized carbons (Fsp3) is 0.125. The number of nitrogens with zero attached hydrogens (tertiary/aromatic N) is 2. The van der Waals surface area contributed by atoms with Crippen LogP contribution in [-0.4, -0.2) is 35.3 Å². The van der Waals surface area contributed by atoms with Gasteiger partial charge in [0, 0.05) is 11.3 Å². The molecule has 0 radical (unpaired) electrons. The molecule has 33 heavy (non-hydrogen) atoms. The summed E-state index contributed by atoms with van der Waals surface area (Å²) < 4.78 is 26.7. The lowest BCUT2D eigenvalue weighted by Crippen LogP contribution is -2.23. The molecule has 0 aliphatic rings. The third kappa shape index (κ3) is 5.15. The number of nitrogens with one attached hydrogen (secondary N) is 1. The Labute approximate surface area is 195 Å². The van der Waals surface area contributed by atoms with E-state index in [1.807, 2.05) is 36.4 Å². The van der Waals surface area contributed by atoms with E-state index in [0.29, 0.717) is 33.0 Å². The van der Waals surface area contributed by atoms with Crippen molar-refractivity contribution >= 4 is 44.2 Å². The molecule has 3 aromatic carbocycles. The molecule has 0 spiro atoms. The Morgan fingerprint density at radius 1 is 0.970 bits per heavy atom. The second kappa shape index (κ2) is 9.21. The molecule has 1 aromatic heterocycles. The molecule has 0 fully saturated rings. The number of hydrogen-bond donors (Lipinski definition) is 1. The molecule has 1 N–H and O–H groups in total. The second-order valence-corrected chi connectivity index (χ2v) is 10.5. The molecule has 4 aromatic rings. The van der Waals surface area contributed by atoms with Gasteiger partial charge in [-0.25, -0.2) is 13.4 Å². The van der Waals surface area contributed by atoms with E-state index >= 15 is 0 Å². The maximum absolute atomic E-state index is 13.3. The predicted molar refractivity (Wildman–Crippen MR) is 132 cm³/mol. The Bertz CT molecular complexity index is 1480. The first-order valence-electron chi connectivity index (χ1n) is 10.1. The van der Waals surface area contributed by atoms with Gasteiger partial charge in [0.15, 0.2) is 10.9 Å². The van der Waals surface area contributed by atoms with Gasteiger partial charge in [0.2, 0.25) is 10.0 Å². The van der Waals surface area contributed by atoms with Crippen LogP contribution in [0.25, 0.3) is 16.6 Å². The van der Waals surface area contributed by atoms with Crippen molar-refractivity contribution in [3.8, 4) is 5.69 Å². The van der Waals surface area contributed by atoms with Crippen LogP contribution in [0.3, 0.4) is 0 Å². The molecule has 7 nitrogen and oxygen atoms in total. The van der Waals surface area contributed by atoms with Gasteiger partial charge in [-0.2, -0.15) is 0 Å². The van der Waals surface area contributed by atoms with Crippen LogP contribution in [0, 0.1) is 0 Å². The highest BCUT2D eigenvalue weighted by Gasteiger charge is 2.21. The molecule has 0 aliphatic carbocycles. The van der Waals surface area contributed by atoms with Gasteiger partial charge < -0.3 is 0 Å². The van der Waals surface area contributed by atoms with Crippen LogP contribution in [0.5, 0.6) is 0 Å². The van der Waals surface area contributed by atoms with Crippen molar-refractivity contribution in [2.24, 2.45) is 0 Å². The number of carbonyl (C=O) groups excluding carboxylic acids is 1. The van der Waals surface area contributed by atoms with Gasteiger partial charge in [-0.3, -0.25) is 18.9 Å². The molecular formula is C24H21N3O4S2. The number of sulfonamides is 1. The van der Waals surface area contributed by atoms with Crippen LogP contribution < -0.4 is 10.3 Å². The van der Waals surface area contributed by atoms with E-state index in [-0.39, 0.29) is 11.3 Å². The summed E-state index contributed by atoms with van der Waals surface area (Å²) in [5.74, 6) is -0.159. The Hall–Kier alpha value is -3.43.